The van der Waals surface area contributed by atoms with E-state index >= 15 is 0 Å². The van der Waals surface area contributed by atoms with Crippen LogP contribution in [0, 0.1) is 20.8 Å². The Hall–Kier alpha value is -1.96. The van der Waals surface area contributed by atoms with Crippen LogP contribution < -0.4 is 10.9 Å². The third-order valence-corrected chi connectivity index (χ3v) is 6.60. The molecule has 2 aromatic heterocycles. The molecule has 0 aliphatic carbocycles. The summed E-state index contributed by atoms with van der Waals surface area (Å²) in [6, 6.07) is 2.24. The number of ether oxygens (including phenoxy) is 1. The molecule has 1 unspecified atom stereocenters. The average molecular weight is 404 g/mol. The quantitative estimate of drug-likeness (QED) is 0.777. The van der Waals surface area contributed by atoms with Crippen LogP contribution in [-0.4, -0.2) is 42.1 Å². The number of rotatable bonds is 6. The van der Waals surface area contributed by atoms with Crippen molar-refractivity contribution in [3.63, 3.8) is 0 Å². The SMILES string of the molecule is CCC(c1scc(C(=O)NCc2c(C)cc(C)[nH]c2=O)c1C)N1CCOCC1. The highest BCUT2D eigenvalue weighted by Gasteiger charge is 2.26. The minimum absolute atomic E-state index is 0.129. The molecule has 1 fully saturated rings. The zero-order valence-corrected chi connectivity index (χ0v) is 17.9. The number of thiophene rings is 1. The van der Waals surface area contributed by atoms with Crippen molar-refractivity contribution in [1.29, 1.82) is 0 Å². The lowest BCUT2D eigenvalue weighted by Crippen LogP contribution is -2.38. The van der Waals surface area contributed by atoms with E-state index in [0.29, 0.717) is 17.2 Å². The van der Waals surface area contributed by atoms with Crippen molar-refractivity contribution in [3.05, 3.63) is 54.6 Å². The van der Waals surface area contributed by atoms with Gasteiger partial charge in [0.15, 0.2) is 0 Å². The molecule has 0 aromatic carbocycles. The zero-order chi connectivity index (χ0) is 20.3. The van der Waals surface area contributed by atoms with E-state index in [1.54, 1.807) is 11.3 Å². The molecule has 1 aliphatic heterocycles. The average Bonchev–Trinajstić information content (AvgIpc) is 3.04. The number of hydrogen-bond acceptors (Lipinski definition) is 5. The predicted octanol–water partition coefficient (Wildman–Crippen LogP) is 3.07. The van der Waals surface area contributed by atoms with E-state index in [1.807, 2.05) is 32.2 Å². The fourth-order valence-corrected chi connectivity index (χ4v) is 5.14. The maximum Gasteiger partial charge on any atom is 0.253 e. The van der Waals surface area contributed by atoms with Crippen molar-refractivity contribution in [2.45, 2.75) is 46.7 Å². The number of aromatic nitrogens is 1. The van der Waals surface area contributed by atoms with E-state index in [9.17, 15) is 9.59 Å². The van der Waals surface area contributed by atoms with Crippen LogP contribution in [0.3, 0.4) is 0 Å². The summed E-state index contributed by atoms with van der Waals surface area (Å²) in [5.41, 5.74) is 3.92. The number of H-pyrrole nitrogens is 1. The molecular weight excluding hydrogens is 374 g/mol. The van der Waals surface area contributed by atoms with E-state index in [2.05, 4.69) is 22.1 Å². The molecule has 7 heteroatoms. The fraction of sp³-hybridized carbons (Fsp3) is 0.524. The molecular formula is C21H29N3O3S. The van der Waals surface area contributed by atoms with E-state index in [4.69, 9.17) is 4.74 Å². The molecule has 0 radical (unpaired) electrons. The first kappa shape index (κ1) is 20.8. The minimum Gasteiger partial charge on any atom is -0.379 e. The Bertz CT molecular complexity index is 897. The molecule has 6 nitrogen and oxygen atoms in total. The van der Waals surface area contributed by atoms with Gasteiger partial charge in [-0.05, 0) is 44.4 Å². The third-order valence-electron chi connectivity index (χ3n) is 5.42. The van der Waals surface area contributed by atoms with Gasteiger partial charge in [-0.1, -0.05) is 6.92 Å². The van der Waals surface area contributed by atoms with Gasteiger partial charge in [0, 0.05) is 47.2 Å². The number of nitrogens with one attached hydrogen (secondary N) is 2. The summed E-state index contributed by atoms with van der Waals surface area (Å²) in [5.74, 6) is -0.129. The Morgan fingerprint density at radius 2 is 2.04 bits per heavy atom. The van der Waals surface area contributed by atoms with Crippen molar-refractivity contribution in [2.24, 2.45) is 0 Å². The molecule has 2 N–H and O–H groups in total. The molecule has 1 saturated heterocycles. The summed E-state index contributed by atoms with van der Waals surface area (Å²) in [6.07, 6.45) is 1.00. The van der Waals surface area contributed by atoms with Crippen molar-refractivity contribution in [1.82, 2.24) is 15.2 Å². The lowest BCUT2D eigenvalue weighted by Gasteiger charge is -2.33. The molecule has 28 heavy (non-hydrogen) atoms. The van der Waals surface area contributed by atoms with Gasteiger partial charge in [-0.3, -0.25) is 14.5 Å². The summed E-state index contributed by atoms with van der Waals surface area (Å²) in [6.45, 7) is 11.6. The molecule has 3 rings (SSSR count). The van der Waals surface area contributed by atoms with Gasteiger partial charge in [0.25, 0.3) is 11.5 Å². The summed E-state index contributed by atoms with van der Waals surface area (Å²) >= 11 is 1.65. The summed E-state index contributed by atoms with van der Waals surface area (Å²) < 4.78 is 5.47. The van der Waals surface area contributed by atoms with Crippen molar-refractivity contribution < 1.29 is 9.53 Å². The highest BCUT2D eigenvalue weighted by molar-refractivity contribution is 7.10. The standard InChI is InChI=1S/C21H29N3O3S/c1-5-18(24-6-8-27-9-7-24)19-15(4)17(12-28-19)20(25)22-11-16-13(2)10-14(3)23-21(16)26/h10,12,18H,5-9,11H2,1-4H3,(H,22,25)(H,23,26). The normalized spacial score (nSPS) is 16.1. The zero-order valence-electron chi connectivity index (χ0n) is 17.1. The molecule has 0 spiro atoms. The number of morpholine rings is 1. The van der Waals surface area contributed by atoms with E-state index < -0.39 is 0 Å². The number of carbonyl (C=O) groups is 1. The van der Waals surface area contributed by atoms with Gasteiger partial charge in [-0.15, -0.1) is 11.3 Å². The third kappa shape index (κ3) is 4.37. The second-order valence-corrected chi connectivity index (χ2v) is 8.25. The predicted molar refractivity (Wildman–Crippen MR) is 112 cm³/mol. The van der Waals surface area contributed by atoms with Crippen LogP contribution in [0.2, 0.25) is 0 Å². The van der Waals surface area contributed by atoms with Gasteiger partial charge in [-0.2, -0.15) is 0 Å². The lowest BCUT2D eigenvalue weighted by molar-refractivity contribution is 0.0158. The molecule has 152 valence electrons. The van der Waals surface area contributed by atoms with Crippen molar-refractivity contribution in [2.75, 3.05) is 26.3 Å². The van der Waals surface area contributed by atoms with Crippen LogP contribution in [0.4, 0.5) is 0 Å². The Morgan fingerprint density at radius 1 is 1.32 bits per heavy atom. The highest BCUT2D eigenvalue weighted by atomic mass is 32.1. The number of aryl methyl sites for hydroxylation is 2. The number of nitrogens with zero attached hydrogens (tertiary/aromatic N) is 1. The maximum atomic E-state index is 12.8. The Kier molecular flexibility index (Phi) is 6.69. The number of carbonyl (C=O) groups excluding carboxylic acids is 1. The Morgan fingerprint density at radius 3 is 2.68 bits per heavy atom. The topological polar surface area (TPSA) is 74.4 Å². The van der Waals surface area contributed by atoms with Crippen molar-refractivity contribution >= 4 is 17.2 Å². The largest absolute Gasteiger partial charge is 0.379 e. The van der Waals surface area contributed by atoms with Crippen LogP contribution in [0.25, 0.3) is 0 Å². The summed E-state index contributed by atoms with van der Waals surface area (Å²) in [5, 5.41) is 4.86. The van der Waals surface area contributed by atoms with E-state index in [-0.39, 0.29) is 18.0 Å². The van der Waals surface area contributed by atoms with Gasteiger partial charge in [0.2, 0.25) is 0 Å². The first-order valence-corrected chi connectivity index (χ1v) is 10.7. The molecule has 1 amide bonds. The smallest absolute Gasteiger partial charge is 0.253 e. The number of hydrogen-bond donors (Lipinski definition) is 2. The van der Waals surface area contributed by atoms with Gasteiger partial charge >= 0.3 is 0 Å². The number of aromatic amines is 1. The van der Waals surface area contributed by atoms with Gasteiger partial charge in [0.1, 0.15) is 0 Å². The summed E-state index contributed by atoms with van der Waals surface area (Å²) in [7, 11) is 0. The van der Waals surface area contributed by atoms with Gasteiger partial charge in [0.05, 0.1) is 18.8 Å². The lowest BCUT2D eigenvalue weighted by atomic mass is 10.0. The molecule has 1 atom stereocenters. The first-order valence-electron chi connectivity index (χ1n) is 9.79. The Balaban J connectivity index is 1.74. The number of amides is 1. The van der Waals surface area contributed by atoms with Crippen molar-refractivity contribution in [3.8, 4) is 0 Å². The molecule has 1 aliphatic rings. The molecule has 3 heterocycles. The first-order chi connectivity index (χ1) is 13.4. The summed E-state index contributed by atoms with van der Waals surface area (Å²) in [4.78, 5) is 31.4. The molecule has 0 saturated carbocycles. The van der Waals surface area contributed by atoms with Crippen LogP contribution in [-0.2, 0) is 11.3 Å². The van der Waals surface area contributed by atoms with E-state index in [1.165, 1.54) is 4.88 Å². The highest BCUT2D eigenvalue weighted by Crippen LogP contribution is 2.34. The van der Waals surface area contributed by atoms with Crippen LogP contribution >= 0.6 is 11.3 Å². The monoisotopic (exact) mass is 403 g/mol. The molecule has 0 bridgehead atoms. The van der Waals surface area contributed by atoms with Gasteiger partial charge < -0.3 is 15.0 Å². The second kappa shape index (κ2) is 9.03. The van der Waals surface area contributed by atoms with Crippen LogP contribution in [0.5, 0.6) is 0 Å². The molecule has 2 aromatic rings. The fourth-order valence-electron chi connectivity index (χ4n) is 3.85. The number of pyridine rings is 1. The maximum absolute atomic E-state index is 12.8. The minimum atomic E-state index is -0.140. The van der Waals surface area contributed by atoms with E-state index in [0.717, 1.165) is 49.5 Å². The van der Waals surface area contributed by atoms with Crippen LogP contribution in [0.15, 0.2) is 16.2 Å². The van der Waals surface area contributed by atoms with Gasteiger partial charge in [-0.25, -0.2) is 0 Å². The Labute approximate surface area is 169 Å². The second-order valence-electron chi connectivity index (χ2n) is 7.34. The van der Waals surface area contributed by atoms with Crippen LogP contribution in [0.1, 0.15) is 57.0 Å².